The van der Waals surface area contributed by atoms with Crippen molar-refractivity contribution >= 4 is 0 Å². The minimum Gasteiger partial charge on any atom is -0.394 e. The number of unbranched alkanes of at least 4 members (excludes halogenated alkanes) is 1. The van der Waals surface area contributed by atoms with Crippen LogP contribution in [0.25, 0.3) is 0 Å². The SMILES string of the molecule is CCC=CNC.CCCC. The Morgan fingerprint density at radius 3 is 1.70 bits per heavy atom. The molecule has 1 N–H and O–H groups in total. The predicted molar refractivity (Wildman–Crippen MR) is 49.1 cm³/mol. The van der Waals surface area contributed by atoms with Crippen molar-refractivity contribution in [3.63, 3.8) is 0 Å². The Balaban J connectivity index is 0. The molecule has 0 heterocycles. The van der Waals surface area contributed by atoms with E-state index in [1.807, 2.05) is 13.2 Å². The second-order valence-corrected chi connectivity index (χ2v) is 2.10. The van der Waals surface area contributed by atoms with E-state index in [0.717, 1.165) is 6.42 Å². The van der Waals surface area contributed by atoms with Gasteiger partial charge in [-0.3, -0.25) is 0 Å². The highest BCUT2D eigenvalue weighted by Gasteiger charge is 1.57. The van der Waals surface area contributed by atoms with Gasteiger partial charge in [-0.05, 0) is 12.6 Å². The highest BCUT2D eigenvalue weighted by molar-refractivity contribution is 4.74. The summed E-state index contributed by atoms with van der Waals surface area (Å²) < 4.78 is 0. The molecule has 0 radical (unpaired) electrons. The van der Waals surface area contributed by atoms with Crippen molar-refractivity contribution in [1.82, 2.24) is 5.32 Å². The standard InChI is InChI=1S/C5H11N.C4H10/c1-3-4-5-6-2;1-3-4-2/h4-6H,3H2,1-2H3;3-4H2,1-2H3. The van der Waals surface area contributed by atoms with Crippen LogP contribution in [0.3, 0.4) is 0 Å². The average Bonchev–Trinajstić information content (AvgIpc) is 2.01. The Bertz CT molecular complexity index is 49.7. The molecule has 10 heavy (non-hydrogen) atoms. The third-order valence-corrected chi connectivity index (χ3v) is 1.02. The van der Waals surface area contributed by atoms with Crippen molar-refractivity contribution in [1.29, 1.82) is 0 Å². The van der Waals surface area contributed by atoms with E-state index >= 15 is 0 Å². The Morgan fingerprint density at radius 1 is 1.10 bits per heavy atom. The molecule has 0 unspecified atom stereocenters. The molecule has 0 fully saturated rings. The number of nitrogens with one attached hydrogen (secondary N) is 1. The van der Waals surface area contributed by atoms with Crippen molar-refractivity contribution in [3.05, 3.63) is 12.3 Å². The topological polar surface area (TPSA) is 12.0 Å². The first kappa shape index (κ1) is 12.2. The van der Waals surface area contributed by atoms with E-state index in [-0.39, 0.29) is 0 Å². The quantitative estimate of drug-likeness (QED) is 0.640. The fraction of sp³-hybridized carbons (Fsp3) is 0.778. The number of hydrogen-bond acceptors (Lipinski definition) is 1. The smallest absolute Gasteiger partial charge is 0.00276 e. The summed E-state index contributed by atoms with van der Waals surface area (Å²) >= 11 is 0. The fourth-order valence-electron chi connectivity index (χ4n) is 0.236. The van der Waals surface area contributed by atoms with Crippen molar-refractivity contribution in [2.24, 2.45) is 0 Å². The molecule has 0 aromatic rings. The molecular weight excluding hydrogens is 122 g/mol. The zero-order chi connectivity index (χ0) is 8.24. The highest BCUT2D eigenvalue weighted by Crippen LogP contribution is 1.76. The normalized spacial score (nSPS) is 8.80. The van der Waals surface area contributed by atoms with Gasteiger partial charge in [0.05, 0.1) is 0 Å². The molecule has 0 amide bonds. The molecular formula is C9H21N. The molecule has 0 aliphatic heterocycles. The monoisotopic (exact) mass is 143 g/mol. The molecule has 62 valence electrons. The van der Waals surface area contributed by atoms with Gasteiger partial charge >= 0.3 is 0 Å². The van der Waals surface area contributed by atoms with Crippen LogP contribution < -0.4 is 5.32 Å². The van der Waals surface area contributed by atoms with Crippen LogP contribution >= 0.6 is 0 Å². The molecule has 0 bridgehead atoms. The van der Waals surface area contributed by atoms with Crippen LogP contribution in [0.4, 0.5) is 0 Å². The van der Waals surface area contributed by atoms with Gasteiger partial charge in [-0.2, -0.15) is 0 Å². The van der Waals surface area contributed by atoms with E-state index < -0.39 is 0 Å². The third kappa shape index (κ3) is 25.7. The molecule has 0 aromatic heterocycles. The minimum atomic E-state index is 1.11. The van der Waals surface area contributed by atoms with Crippen LogP contribution in [-0.4, -0.2) is 7.05 Å². The van der Waals surface area contributed by atoms with Gasteiger partial charge in [0.1, 0.15) is 0 Å². The van der Waals surface area contributed by atoms with Gasteiger partial charge in [-0.1, -0.05) is 39.7 Å². The Hall–Kier alpha value is -0.460. The van der Waals surface area contributed by atoms with Crippen LogP contribution in [0.15, 0.2) is 12.3 Å². The lowest BCUT2D eigenvalue weighted by molar-refractivity contribution is 0.886. The van der Waals surface area contributed by atoms with Crippen molar-refractivity contribution in [2.75, 3.05) is 7.05 Å². The van der Waals surface area contributed by atoms with Crippen molar-refractivity contribution in [2.45, 2.75) is 40.0 Å². The minimum absolute atomic E-state index is 1.11. The number of hydrogen-bond donors (Lipinski definition) is 1. The first-order valence-corrected chi connectivity index (χ1v) is 4.15. The van der Waals surface area contributed by atoms with E-state index in [1.54, 1.807) is 0 Å². The molecule has 1 heteroatoms. The van der Waals surface area contributed by atoms with Crippen LogP contribution in [0, 0.1) is 0 Å². The van der Waals surface area contributed by atoms with Crippen LogP contribution in [0.1, 0.15) is 40.0 Å². The maximum Gasteiger partial charge on any atom is 0.00276 e. The Labute approximate surface area is 65.5 Å². The second kappa shape index (κ2) is 15.8. The largest absolute Gasteiger partial charge is 0.394 e. The molecule has 0 spiro atoms. The summed E-state index contributed by atoms with van der Waals surface area (Å²) in [5.74, 6) is 0. The van der Waals surface area contributed by atoms with E-state index in [9.17, 15) is 0 Å². The van der Waals surface area contributed by atoms with E-state index in [2.05, 4.69) is 32.2 Å². The first-order valence-electron chi connectivity index (χ1n) is 4.15. The molecule has 0 saturated heterocycles. The summed E-state index contributed by atoms with van der Waals surface area (Å²) in [6.45, 7) is 6.47. The second-order valence-electron chi connectivity index (χ2n) is 2.10. The van der Waals surface area contributed by atoms with Crippen molar-refractivity contribution in [3.8, 4) is 0 Å². The van der Waals surface area contributed by atoms with Gasteiger partial charge in [0, 0.05) is 7.05 Å². The lowest BCUT2D eigenvalue weighted by Crippen LogP contribution is -1.89. The molecule has 0 aliphatic carbocycles. The number of allylic oxidation sites excluding steroid dienone is 1. The summed E-state index contributed by atoms with van der Waals surface area (Å²) in [7, 11) is 1.90. The molecule has 0 aromatic carbocycles. The van der Waals surface area contributed by atoms with Gasteiger partial charge in [-0.25, -0.2) is 0 Å². The van der Waals surface area contributed by atoms with Gasteiger partial charge in [0.15, 0.2) is 0 Å². The molecule has 1 nitrogen and oxygen atoms in total. The zero-order valence-electron chi connectivity index (χ0n) is 7.78. The van der Waals surface area contributed by atoms with Gasteiger partial charge in [0.25, 0.3) is 0 Å². The first-order chi connectivity index (χ1) is 4.83. The van der Waals surface area contributed by atoms with Crippen LogP contribution in [-0.2, 0) is 0 Å². The highest BCUT2D eigenvalue weighted by atomic mass is 14.8. The molecule has 0 saturated carbocycles. The van der Waals surface area contributed by atoms with Gasteiger partial charge < -0.3 is 5.32 Å². The fourth-order valence-corrected chi connectivity index (χ4v) is 0.236. The zero-order valence-corrected chi connectivity index (χ0v) is 7.78. The maximum atomic E-state index is 2.89. The van der Waals surface area contributed by atoms with E-state index in [1.165, 1.54) is 12.8 Å². The van der Waals surface area contributed by atoms with Crippen LogP contribution in [0.5, 0.6) is 0 Å². The van der Waals surface area contributed by atoms with E-state index in [0.29, 0.717) is 0 Å². The van der Waals surface area contributed by atoms with Gasteiger partial charge in [-0.15, -0.1) is 0 Å². The lowest BCUT2D eigenvalue weighted by atomic mass is 10.4. The molecule has 0 rings (SSSR count). The average molecular weight is 143 g/mol. The predicted octanol–water partition coefficient (Wildman–Crippen LogP) is 2.94. The lowest BCUT2D eigenvalue weighted by Gasteiger charge is -1.79. The summed E-state index contributed by atoms with van der Waals surface area (Å²) in [5, 5.41) is 2.89. The number of rotatable bonds is 3. The molecule has 0 aliphatic rings. The third-order valence-electron chi connectivity index (χ3n) is 1.02. The Kier molecular flexibility index (Phi) is 19.4. The summed E-state index contributed by atoms with van der Waals surface area (Å²) in [4.78, 5) is 0. The summed E-state index contributed by atoms with van der Waals surface area (Å²) in [6.07, 6.45) is 7.75. The van der Waals surface area contributed by atoms with Gasteiger partial charge in [0.2, 0.25) is 0 Å². The Morgan fingerprint density at radius 2 is 1.60 bits per heavy atom. The summed E-state index contributed by atoms with van der Waals surface area (Å²) in [6, 6.07) is 0. The summed E-state index contributed by atoms with van der Waals surface area (Å²) in [5.41, 5.74) is 0. The van der Waals surface area contributed by atoms with Crippen LogP contribution in [0.2, 0.25) is 0 Å². The molecule has 0 atom stereocenters. The maximum absolute atomic E-state index is 2.89. The van der Waals surface area contributed by atoms with Crippen molar-refractivity contribution < 1.29 is 0 Å². The van der Waals surface area contributed by atoms with E-state index in [4.69, 9.17) is 0 Å².